The second kappa shape index (κ2) is 6.33. The van der Waals surface area contributed by atoms with Gasteiger partial charge in [0.15, 0.2) is 0 Å². The van der Waals surface area contributed by atoms with Gasteiger partial charge >= 0.3 is 0 Å². The molecule has 94 valence electrons. The largest absolute Gasteiger partial charge is 0.491 e. The molecule has 5 heteroatoms. The van der Waals surface area contributed by atoms with Crippen LogP contribution >= 0.6 is 15.9 Å². The van der Waals surface area contributed by atoms with E-state index in [4.69, 9.17) is 4.74 Å². The Hall–Kier alpha value is -0.650. The van der Waals surface area contributed by atoms with Crippen LogP contribution in [0.15, 0.2) is 22.7 Å². The van der Waals surface area contributed by atoms with Crippen LogP contribution in [0.25, 0.3) is 0 Å². The molecule has 0 bridgehead atoms. The molecule has 0 aromatic heterocycles. The molecule has 2 rings (SSSR count). The zero-order valence-corrected chi connectivity index (χ0v) is 11.2. The van der Waals surface area contributed by atoms with Crippen molar-refractivity contribution in [1.29, 1.82) is 0 Å². The van der Waals surface area contributed by atoms with Crippen LogP contribution in [0.1, 0.15) is 0 Å². The first-order chi connectivity index (χ1) is 8.25. The predicted octanol–water partition coefficient (Wildman–Crippen LogP) is 1.87. The minimum Gasteiger partial charge on any atom is -0.491 e. The molecule has 1 aliphatic heterocycles. The average molecular weight is 303 g/mol. The lowest BCUT2D eigenvalue weighted by Gasteiger charge is -2.27. The van der Waals surface area contributed by atoms with Crippen LogP contribution in [0.5, 0.6) is 5.75 Å². The molecule has 17 heavy (non-hydrogen) atoms. The molecule has 1 saturated heterocycles. The van der Waals surface area contributed by atoms with Gasteiger partial charge in [-0.25, -0.2) is 4.39 Å². The van der Waals surface area contributed by atoms with Gasteiger partial charge in [-0.3, -0.25) is 4.90 Å². The molecule has 0 radical (unpaired) electrons. The average Bonchev–Trinajstić information content (AvgIpc) is 2.35. The van der Waals surface area contributed by atoms with Gasteiger partial charge in [-0.2, -0.15) is 0 Å². The van der Waals surface area contributed by atoms with Crippen LogP contribution in [0, 0.1) is 5.82 Å². The highest BCUT2D eigenvalue weighted by Crippen LogP contribution is 2.25. The van der Waals surface area contributed by atoms with E-state index in [1.165, 1.54) is 12.1 Å². The minimum absolute atomic E-state index is 0.273. The number of hydrogen-bond donors (Lipinski definition) is 1. The Kier molecular flexibility index (Phi) is 4.76. The standard InChI is InChI=1S/C12H16BrFN2O/c13-11-2-1-10(14)9-12(11)17-8-7-16-5-3-15-4-6-16/h1-2,9,15H,3-8H2. The van der Waals surface area contributed by atoms with E-state index in [0.717, 1.165) is 37.2 Å². The maximum atomic E-state index is 13.0. The van der Waals surface area contributed by atoms with Gasteiger partial charge in [-0.1, -0.05) is 0 Å². The summed E-state index contributed by atoms with van der Waals surface area (Å²) in [5.74, 6) is 0.297. The molecule has 0 spiro atoms. The van der Waals surface area contributed by atoms with E-state index < -0.39 is 0 Å². The van der Waals surface area contributed by atoms with Crippen molar-refractivity contribution in [3.05, 3.63) is 28.5 Å². The summed E-state index contributed by atoms with van der Waals surface area (Å²) in [4.78, 5) is 2.34. The lowest BCUT2D eigenvalue weighted by Crippen LogP contribution is -2.44. The molecule has 0 amide bonds. The van der Waals surface area contributed by atoms with Crippen molar-refractivity contribution in [1.82, 2.24) is 10.2 Å². The Bertz CT molecular complexity index is 370. The Labute approximate surface area is 109 Å². The van der Waals surface area contributed by atoms with Gasteiger partial charge in [0.25, 0.3) is 0 Å². The third-order valence-electron chi connectivity index (χ3n) is 2.77. The molecule has 1 fully saturated rings. The van der Waals surface area contributed by atoms with Crippen molar-refractivity contribution in [3.63, 3.8) is 0 Å². The Morgan fingerprint density at radius 3 is 2.88 bits per heavy atom. The summed E-state index contributed by atoms with van der Waals surface area (Å²) in [5, 5.41) is 3.30. The first-order valence-corrected chi connectivity index (χ1v) is 6.56. The fraction of sp³-hybridized carbons (Fsp3) is 0.500. The normalized spacial score (nSPS) is 17.1. The van der Waals surface area contributed by atoms with Crippen molar-refractivity contribution < 1.29 is 9.13 Å². The molecular formula is C12H16BrFN2O. The molecule has 0 atom stereocenters. The summed E-state index contributed by atoms with van der Waals surface area (Å²) in [6, 6.07) is 4.48. The predicted molar refractivity (Wildman–Crippen MR) is 68.9 cm³/mol. The van der Waals surface area contributed by atoms with Gasteiger partial charge in [-0.15, -0.1) is 0 Å². The SMILES string of the molecule is Fc1ccc(Br)c(OCCN2CCNCC2)c1. The molecule has 3 nitrogen and oxygen atoms in total. The van der Waals surface area contributed by atoms with E-state index in [1.807, 2.05) is 0 Å². The lowest BCUT2D eigenvalue weighted by atomic mass is 10.3. The van der Waals surface area contributed by atoms with E-state index in [-0.39, 0.29) is 5.82 Å². The number of rotatable bonds is 4. The number of nitrogens with zero attached hydrogens (tertiary/aromatic N) is 1. The highest BCUT2D eigenvalue weighted by molar-refractivity contribution is 9.10. The molecule has 1 heterocycles. The van der Waals surface area contributed by atoms with Gasteiger partial charge in [-0.05, 0) is 28.1 Å². The van der Waals surface area contributed by atoms with Crippen molar-refractivity contribution in [2.24, 2.45) is 0 Å². The van der Waals surface area contributed by atoms with E-state index >= 15 is 0 Å². The Balaban J connectivity index is 1.79. The monoisotopic (exact) mass is 302 g/mol. The number of nitrogens with one attached hydrogen (secondary N) is 1. The summed E-state index contributed by atoms with van der Waals surface area (Å²) in [6.07, 6.45) is 0. The molecular weight excluding hydrogens is 287 g/mol. The second-order valence-corrected chi connectivity index (χ2v) is 4.87. The van der Waals surface area contributed by atoms with Gasteiger partial charge < -0.3 is 10.1 Å². The van der Waals surface area contributed by atoms with E-state index in [9.17, 15) is 4.39 Å². The van der Waals surface area contributed by atoms with E-state index in [1.54, 1.807) is 6.07 Å². The molecule has 0 saturated carbocycles. The second-order valence-electron chi connectivity index (χ2n) is 4.01. The third kappa shape index (κ3) is 3.94. The van der Waals surface area contributed by atoms with Crippen molar-refractivity contribution in [2.75, 3.05) is 39.3 Å². The fourth-order valence-electron chi connectivity index (χ4n) is 1.81. The van der Waals surface area contributed by atoms with E-state index in [2.05, 4.69) is 26.1 Å². The fourth-order valence-corrected chi connectivity index (χ4v) is 2.17. The van der Waals surface area contributed by atoms with Gasteiger partial charge in [0, 0.05) is 38.8 Å². The Morgan fingerprint density at radius 2 is 2.12 bits per heavy atom. The van der Waals surface area contributed by atoms with Crippen LogP contribution in [0.4, 0.5) is 4.39 Å². The molecule has 0 aliphatic carbocycles. The smallest absolute Gasteiger partial charge is 0.136 e. The van der Waals surface area contributed by atoms with Crippen LogP contribution in [0.2, 0.25) is 0 Å². The zero-order valence-electron chi connectivity index (χ0n) is 9.59. The third-order valence-corrected chi connectivity index (χ3v) is 3.42. The lowest BCUT2D eigenvalue weighted by molar-refractivity contribution is 0.190. The zero-order chi connectivity index (χ0) is 12.1. The number of halogens is 2. The first-order valence-electron chi connectivity index (χ1n) is 5.76. The maximum absolute atomic E-state index is 13.0. The summed E-state index contributed by atoms with van der Waals surface area (Å²) in [7, 11) is 0. The minimum atomic E-state index is -0.273. The number of ether oxygens (including phenoxy) is 1. The van der Waals surface area contributed by atoms with E-state index in [0.29, 0.717) is 12.4 Å². The maximum Gasteiger partial charge on any atom is 0.136 e. The summed E-state index contributed by atoms with van der Waals surface area (Å²) >= 11 is 3.34. The summed E-state index contributed by atoms with van der Waals surface area (Å²) in [6.45, 7) is 5.63. The molecule has 0 unspecified atom stereocenters. The summed E-state index contributed by atoms with van der Waals surface area (Å²) in [5.41, 5.74) is 0. The number of benzene rings is 1. The van der Waals surface area contributed by atoms with Crippen LogP contribution < -0.4 is 10.1 Å². The molecule has 1 aromatic rings. The van der Waals surface area contributed by atoms with Crippen molar-refractivity contribution >= 4 is 15.9 Å². The summed E-state index contributed by atoms with van der Waals surface area (Å²) < 4.78 is 19.4. The van der Waals surface area contributed by atoms with Gasteiger partial charge in [0.2, 0.25) is 0 Å². The quantitative estimate of drug-likeness (QED) is 0.919. The molecule has 1 N–H and O–H groups in total. The molecule has 1 aliphatic rings. The van der Waals surface area contributed by atoms with Crippen molar-refractivity contribution in [3.8, 4) is 5.75 Å². The van der Waals surface area contributed by atoms with Gasteiger partial charge in [0.05, 0.1) is 4.47 Å². The topological polar surface area (TPSA) is 24.5 Å². The number of hydrogen-bond acceptors (Lipinski definition) is 3. The highest BCUT2D eigenvalue weighted by atomic mass is 79.9. The first kappa shape index (κ1) is 12.8. The van der Waals surface area contributed by atoms with Crippen molar-refractivity contribution in [2.45, 2.75) is 0 Å². The highest BCUT2D eigenvalue weighted by Gasteiger charge is 2.09. The Morgan fingerprint density at radius 1 is 1.35 bits per heavy atom. The van der Waals surface area contributed by atoms with Crippen LogP contribution in [0.3, 0.4) is 0 Å². The number of piperazine rings is 1. The van der Waals surface area contributed by atoms with Gasteiger partial charge in [0.1, 0.15) is 18.2 Å². The van der Waals surface area contributed by atoms with Crippen LogP contribution in [-0.4, -0.2) is 44.2 Å². The molecule has 1 aromatic carbocycles. The van der Waals surface area contributed by atoms with Crippen LogP contribution in [-0.2, 0) is 0 Å².